The molecule has 32 heavy (non-hydrogen) atoms. The molecule has 8 nitrogen and oxygen atoms in total. The Balaban J connectivity index is 1.34. The second-order valence-corrected chi connectivity index (χ2v) is 8.37. The van der Waals surface area contributed by atoms with Gasteiger partial charge in [0.2, 0.25) is 0 Å². The molecule has 1 aromatic carbocycles. The number of hydrogen-bond acceptors (Lipinski definition) is 6. The molecule has 174 valence electrons. The highest BCUT2D eigenvalue weighted by atomic mass is 16.5. The lowest BCUT2D eigenvalue weighted by atomic mass is 10.2. The first-order valence-electron chi connectivity index (χ1n) is 11.4. The first kappa shape index (κ1) is 22.3. The molecule has 0 radical (unpaired) electrons. The lowest BCUT2D eigenvalue weighted by molar-refractivity contribution is 0.215. The fourth-order valence-corrected chi connectivity index (χ4v) is 4.61. The van der Waals surface area contributed by atoms with E-state index in [0.717, 1.165) is 68.1 Å². The van der Waals surface area contributed by atoms with Gasteiger partial charge in [-0.1, -0.05) is 0 Å². The number of methoxy groups -OCH3 is 2. The van der Waals surface area contributed by atoms with Crippen LogP contribution in [-0.4, -0.2) is 70.9 Å². The topological polar surface area (TPSA) is 74.5 Å². The Kier molecular flexibility index (Phi) is 7.42. The third-order valence-corrected chi connectivity index (χ3v) is 6.37. The van der Waals surface area contributed by atoms with Crippen LogP contribution < -0.4 is 25.0 Å². The van der Waals surface area contributed by atoms with E-state index in [1.165, 1.54) is 12.8 Å². The van der Waals surface area contributed by atoms with Crippen LogP contribution in [-0.2, 0) is 0 Å². The summed E-state index contributed by atoms with van der Waals surface area (Å²) in [5.74, 6) is 3.45. The smallest absolute Gasteiger partial charge is 0.191 e. The largest absolute Gasteiger partial charge is 0.497 e. The summed E-state index contributed by atoms with van der Waals surface area (Å²) < 4.78 is 16.6. The molecule has 1 aromatic heterocycles. The third kappa shape index (κ3) is 5.30. The lowest BCUT2D eigenvalue weighted by Gasteiger charge is -2.27. The maximum absolute atomic E-state index is 5.74. The quantitative estimate of drug-likeness (QED) is 0.482. The zero-order valence-electron chi connectivity index (χ0n) is 19.3. The number of guanidine groups is 1. The standard InChI is InChI=1S/C24H35N5O3/c1-25-24(26-16-22(23-7-6-12-32-23)28-9-4-5-10-28)27-18-8-11-29(17-18)19-13-20(30-2)15-21(14-19)31-3/h6-7,12-15,18,22H,4-5,8-11,16-17H2,1-3H3,(H2,25,26,27). The number of aliphatic imine (C=N–C) groups is 1. The Morgan fingerprint density at radius 3 is 2.53 bits per heavy atom. The molecule has 0 bridgehead atoms. The average molecular weight is 442 g/mol. The summed E-state index contributed by atoms with van der Waals surface area (Å²) in [7, 11) is 5.19. The third-order valence-electron chi connectivity index (χ3n) is 6.37. The van der Waals surface area contributed by atoms with Gasteiger partial charge in [-0.05, 0) is 44.5 Å². The van der Waals surface area contributed by atoms with Gasteiger partial charge in [-0.15, -0.1) is 0 Å². The molecule has 2 atom stereocenters. The number of likely N-dealkylation sites (tertiary alicyclic amines) is 1. The molecule has 2 N–H and O–H groups in total. The minimum absolute atomic E-state index is 0.218. The first-order valence-corrected chi connectivity index (χ1v) is 11.4. The molecule has 4 rings (SSSR count). The summed E-state index contributed by atoms with van der Waals surface area (Å²) in [6.07, 6.45) is 5.29. The van der Waals surface area contributed by atoms with Crippen LogP contribution in [0.3, 0.4) is 0 Å². The van der Waals surface area contributed by atoms with Crippen molar-refractivity contribution in [3.63, 3.8) is 0 Å². The Morgan fingerprint density at radius 1 is 1.16 bits per heavy atom. The molecule has 8 heteroatoms. The Morgan fingerprint density at radius 2 is 1.91 bits per heavy atom. The lowest BCUT2D eigenvalue weighted by Crippen LogP contribution is -2.47. The molecule has 2 unspecified atom stereocenters. The fraction of sp³-hybridized carbons (Fsp3) is 0.542. The number of furan rings is 1. The van der Waals surface area contributed by atoms with Crippen LogP contribution in [0, 0.1) is 0 Å². The summed E-state index contributed by atoms with van der Waals surface area (Å²) in [6, 6.07) is 10.6. The molecule has 2 aliphatic rings. The molecular weight excluding hydrogens is 406 g/mol. The average Bonchev–Trinajstić information content (AvgIpc) is 3.61. The van der Waals surface area contributed by atoms with Gasteiger partial charge in [-0.3, -0.25) is 9.89 Å². The van der Waals surface area contributed by atoms with E-state index in [1.807, 2.05) is 19.2 Å². The van der Waals surface area contributed by atoms with Crippen LogP contribution in [0.25, 0.3) is 0 Å². The first-order chi connectivity index (χ1) is 15.7. The van der Waals surface area contributed by atoms with E-state index in [0.29, 0.717) is 6.04 Å². The van der Waals surface area contributed by atoms with Crippen molar-refractivity contribution in [2.45, 2.75) is 31.3 Å². The van der Waals surface area contributed by atoms with Crippen LogP contribution in [0.1, 0.15) is 31.1 Å². The van der Waals surface area contributed by atoms with E-state index < -0.39 is 0 Å². The number of benzene rings is 1. The fourth-order valence-electron chi connectivity index (χ4n) is 4.61. The maximum Gasteiger partial charge on any atom is 0.191 e. The van der Waals surface area contributed by atoms with Gasteiger partial charge in [0, 0.05) is 56.6 Å². The number of rotatable bonds is 8. The van der Waals surface area contributed by atoms with E-state index in [4.69, 9.17) is 13.9 Å². The number of anilines is 1. The van der Waals surface area contributed by atoms with Crippen molar-refractivity contribution in [2.24, 2.45) is 4.99 Å². The number of nitrogens with one attached hydrogen (secondary N) is 2. The van der Waals surface area contributed by atoms with Gasteiger partial charge in [-0.2, -0.15) is 0 Å². The summed E-state index contributed by atoms with van der Waals surface area (Å²) in [4.78, 5) is 9.32. The van der Waals surface area contributed by atoms with E-state index in [1.54, 1.807) is 20.5 Å². The Bertz CT molecular complexity index is 858. The van der Waals surface area contributed by atoms with Crippen LogP contribution in [0.4, 0.5) is 5.69 Å². The maximum atomic E-state index is 5.74. The molecule has 0 saturated carbocycles. The normalized spacial score (nSPS) is 20.4. The zero-order chi connectivity index (χ0) is 22.3. The van der Waals surface area contributed by atoms with Crippen molar-refractivity contribution in [2.75, 3.05) is 58.9 Å². The summed E-state index contributed by atoms with van der Waals surface area (Å²) in [5.41, 5.74) is 1.11. The molecular formula is C24H35N5O3. The van der Waals surface area contributed by atoms with Gasteiger partial charge < -0.3 is 29.4 Å². The van der Waals surface area contributed by atoms with Crippen molar-refractivity contribution in [1.29, 1.82) is 0 Å². The molecule has 2 aromatic rings. The van der Waals surface area contributed by atoms with Gasteiger partial charge in [-0.25, -0.2) is 0 Å². The second-order valence-electron chi connectivity index (χ2n) is 8.37. The van der Waals surface area contributed by atoms with Crippen molar-refractivity contribution >= 4 is 11.6 Å². The predicted octanol–water partition coefficient (Wildman–Crippen LogP) is 2.88. The zero-order valence-corrected chi connectivity index (χ0v) is 19.3. The van der Waals surface area contributed by atoms with Gasteiger partial charge in [0.1, 0.15) is 17.3 Å². The van der Waals surface area contributed by atoms with E-state index in [-0.39, 0.29) is 6.04 Å². The SMILES string of the molecule is CN=C(NCC(c1ccco1)N1CCCC1)NC1CCN(c2cc(OC)cc(OC)c2)C1. The number of nitrogens with zero attached hydrogens (tertiary/aromatic N) is 3. The summed E-state index contributed by atoms with van der Waals surface area (Å²) in [5, 5.41) is 7.13. The van der Waals surface area contributed by atoms with Crippen molar-refractivity contribution in [1.82, 2.24) is 15.5 Å². The van der Waals surface area contributed by atoms with Gasteiger partial charge >= 0.3 is 0 Å². The summed E-state index contributed by atoms with van der Waals surface area (Å²) in [6.45, 7) is 4.84. The van der Waals surface area contributed by atoms with Crippen LogP contribution in [0.2, 0.25) is 0 Å². The second kappa shape index (κ2) is 10.6. The van der Waals surface area contributed by atoms with Gasteiger partial charge in [0.15, 0.2) is 5.96 Å². The predicted molar refractivity (Wildman–Crippen MR) is 127 cm³/mol. The minimum atomic E-state index is 0.218. The molecule has 2 aliphatic heterocycles. The minimum Gasteiger partial charge on any atom is -0.497 e. The van der Waals surface area contributed by atoms with Crippen LogP contribution in [0.5, 0.6) is 11.5 Å². The molecule has 0 spiro atoms. The van der Waals surface area contributed by atoms with Crippen molar-refractivity contribution < 1.29 is 13.9 Å². The summed E-state index contributed by atoms with van der Waals surface area (Å²) >= 11 is 0. The monoisotopic (exact) mass is 441 g/mol. The molecule has 0 aliphatic carbocycles. The van der Waals surface area contributed by atoms with Crippen molar-refractivity contribution in [3.8, 4) is 11.5 Å². The highest BCUT2D eigenvalue weighted by Crippen LogP contribution is 2.30. The molecule has 0 amide bonds. The van der Waals surface area contributed by atoms with Gasteiger partial charge in [0.25, 0.3) is 0 Å². The Labute approximate surface area is 190 Å². The Hall–Kier alpha value is -2.87. The molecule has 2 fully saturated rings. The molecule has 2 saturated heterocycles. The number of hydrogen-bond donors (Lipinski definition) is 2. The van der Waals surface area contributed by atoms with Crippen molar-refractivity contribution in [3.05, 3.63) is 42.4 Å². The highest BCUT2D eigenvalue weighted by molar-refractivity contribution is 5.80. The van der Waals surface area contributed by atoms with E-state index in [2.05, 4.69) is 43.6 Å². The van der Waals surface area contributed by atoms with Crippen LogP contribution >= 0.6 is 0 Å². The number of ether oxygens (including phenoxy) is 2. The van der Waals surface area contributed by atoms with E-state index in [9.17, 15) is 0 Å². The van der Waals surface area contributed by atoms with Crippen LogP contribution in [0.15, 0.2) is 46.0 Å². The van der Waals surface area contributed by atoms with E-state index >= 15 is 0 Å². The highest BCUT2D eigenvalue weighted by Gasteiger charge is 2.27. The molecule has 3 heterocycles. The van der Waals surface area contributed by atoms with Gasteiger partial charge in [0.05, 0.1) is 26.5 Å².